The maximum Gasteiger partial charge on any atom is 0.338 e. The van der Waals surface area contributed by atoms with Crippen LogP contribution in [0.1, 0.15) is 33.5 Å². The van der Waals surface area contributed by atoms with E-state index in [0.29, 0.717) is 18.4 Å². The molecule has 0 fully saturated rings. The van der Waals surface area contributed by atoms with Crippen LogP contribution in [0.3, 0.4) is 0 Å². The molecule has 0 aromatic heterocycles. The SMILES string of the molecule is Cc1ccc(C(=O)OCc2ccccc2)c(CCCO)c1. The lowest BCUT2D eigenvalue weighted by Crippen LogP contribution is -2.09. The van der Waals surface area contributed by atoms with Crippen LogP contribution in [0.25, 0.3) is 0 Å². The third-order valence-electron chi connectivity index (χ3n) is 3.30. The Kier molecular flexibility index (Phi) is 5.52. The fourth-order valence-corrected chi connectivity index (χ4v) is 2.20. The summed E-state index contributed by atoms with van der Waals surface area (Å²) in [4.78, 5) is 12.2. The van der Waals surface area contributed by atoms with E-state index in [-0.39, 0.29) is 19.2 Å². The van der Waals surface area contributed by atoms with Crippen molar-refractivity contribution in [2.75, 3.05) is 6.61 Å². The molecule has 0 aliphatic rings. The van der Waals surface area contributed by atoms with Crippen LogP contribution >= 0.6 is 0 Å². The van der Waals surface area contributed by atoms with Crippen molar-refractivity contribution >= 4 is 5.97 Å². The number of carbonyl (C=O) groups excluding carboxylic acids is 1. The van der Waals surface area contributed by atoms with Gasteiger partial charge in [0.25, 0.3) is 0 Å². The van der Waals surface area contributed by atoms with Crippen molar-refractivity contribution in [3.05, 3.63) is 70.8 Å². The van der Waals surface area contributed by atoms with Crippen molar-refractivity contribution in [3.8, 4) is 0 Å². The van der Waals surface area contributed by atoms with Gasteiger partial charge in [0.2, 0.25) is 0 Å². The molecule has 1 N–H and O–H groups in total. The molecule has 0 saturated heterocycles. The van der Waals surface area contributed by atoms with Crippen LogP contribution in [0.2, 0.25) is 0 Å². The smallest absolute Gasteiger partial charge is 0.338 e. The molecular weight excluding hydrogens is 264 g/mol. The van der Waals surface area contributed by atoms with Crippen LogP contribution in [0, 0.1) is 6.92 Å². The van der Waals surface area contributed by atoms with E-state index < -0.39 is 0 Å². The Morgan fingerprint density at radius 3 is 2.62 bits per heavy atom. The standard InChI is InChI=1S/C18H20O3/c1-14-9-10-17(16(12-14)8-5-11-19)18(20)21-13-15-6-3-2-4-7-15/h2-4,6-7,9-10,12,19H,5,8,11,13H2,1H3. The maximum atomic E-state index is 12.2. The van der Waals surface area contributed by atoms with Gasteiger partial charge in [-0.05, 0) is 37.0 Å². The molecule has 3 heteroatoms. The summed E-state index contributed by atoms with van der Waals surface area (Å²) >= 11 is 0. The van der Waals surface area contributed by atoms with E-state index in [1.165, 1.54) is 0 Å². The predicted molar refractivity (Wildman–Crippen MR) is 82.1 cm³/mol. The Bertz CT molecular complexity index is 591. The summed E-state index contributed by atoms with van der Waals surface area (Å²) in [6.45, 7) is 2.38. The number of esters is 1. The number of aliphatic hydroxyl groups is 1. The highest BCUT2D eigenvalue weighted by atomic mass is 16.5. The summed E-state index contributed by atoms with van der Waals surface area (Å²) in [6, 6.07) is 15.3. The van der Waals surface area contributed by atoms with Gasteiger partial charge in [-0.25, -0.2) is 4.79 Å². The van der Waals surface area contributed by atoms with Crippen LogP contribution in [0.15, 0.2) is 48.5 Å². The molecular formula is C18H20O3. The van der Waals surface area contributed by atoms with E-state index in [1.807, 2.05) is 49.4 Å². The highest BCUT2D eigenvalue weighted by Crippen LogP contribution is 2.16. The van der Waals surface area contributed by atoms with Gasteiger partial charge in [-0.15, -0.1) is 0 Å². The van der Waals surface area contributed by atoms with E-state index in [9.17, 15) is 4.79 Å². The quantitative estimate of drug-likeness (QED) is 0.828. The zero-order valence-corrected chi connectivity index (χ0v) is 12.2. The third kappa shape index (κ3) is 4.43. The van der Waals surface area contributed by atoms with Gasteiger partial charge >= 0.3 is 5.97 Å². The van der Waals surface area contributed by atoms with E-state index >= 15 is 0 Å². The number of ether oxygens (including phenoxy) is 1. The Balaban J connectivity index is 2.07. The molecule has 0 bridgehead atoms. The number of aliphatic hydroxyl groups excluding tert-OH is 1. The molecule has 0 amide bonds. The molecule has 110 valence electrons. The minimum Gasteiger partial charge on any atom is -0.457 e. The average Bonchev–Trinajstić information content (AvgIpc) is 2.51. The number of carbonyl (C=O) groups is 1. The second kappa shape index (κ2) is 7.60. The van der Waals surface area contributed by atoms with E-state index in [4.69, 9.17) is 9.84 Å². The predicted octanol–water partition coefficient (Wildman–Crippen LogP) is 3.28. The topological polar surface area (TPSA) is 46.5 Å². The van der Waals surface area contributed by atoms with Gasteiger partial charge in [0, 0.05) is 6.61 Å². The summed E-state index contributed by atoms with van der Waals surface area (Å²) in [6.07, 6.45) is 1.32. The molecule has 0 aliphatic heterocycles. The van der Waals surface area contributed by atoms with Crippen LogP contribution in [0.4, 0.5) is 0 Å². The van der Waals surface area contributed by atoms with Gasteiger partial charge in [-0.1, -0.05) is 48.0 Å². The van der Waals surface area contributed by atoms with Crippen molar-refractivity contribution < 1.29 is 14.6 Å². The molecule has 0 spiro atoms. The second-order valence-electron chi connectivity index (χ2n) is 5.05. The molecule has 2 aromatic rings. The molecule has 0 radical (unpaired) electrons. The van der Waals surface area contributed by atoms with E-state index in [1.54, 1.807) is 6.07 Å². The number of hydrogen-bond acceptors (Lipinski definition) is 3. The lowest BCUT2D eigenvalue weighted by molar-refractivity contribution is 0.0471. The lowest BCUT2D eigenvalue weighted by atomic mass is 10.0. The van der Waals surface area contributed by atoms with Gasteiger partial charge < -0.3 is 9.84 Å². The minimum absolute atomic E-state index is 0.118. The Morgan fingerprint density at radius 1 is 1.14 bits per heavy atom. The third-order valence-corrected chi connectivity index (χ3v) is 3.30. The van der Waals surface area contributed by atoms with E-state index in [0.717, 1.165) is 16.7 Å². The minimum atomic E-state index is -0.313. The van der Waals surface area contributed by atoms with Crippen molar-refractivity contribution in [1.82, 2.24) is 0 Å². The fraction of sp³-hybridized carbons (Fsp3) is 0.278. The molecule has 2 rings (SSSR count). The summed E-state index contributed by atoms with van der Waals surface area (Å²) < 4.78 is 5.37. The fourth-order valence-electron chi connectivity index (χ4n) is 2.20. The zero-order valence-electron chi connectivity index (χ0n) is 12.2. The van der Waals surface area contributed by atoms with Crippen molar-refractivity contribution in [3.63, 3.8) is 0 Å². The normalized spacial score (nSPS) is 10.4. The first kappa shape index (κ1) is 15.3. The largest absolute Gasteiger partial charge is 0.457 e. The van der Waals surface area contributed by atoms with E-state index in [2.05, 4.69) is 0 Å². The van der Waals surface area contributed by atoms with Gasteiger partial charge in [-0.3, -0.25) is 0 Å². The van der Waals surface area contributed by atoms with Crippen LogP contribution in [-0.2, 0) is 17.8 Å². The van der Waals surface area contributed by atoms with Crippen LogP contribution in [0.5, 0.6) is 0 Å². The molecule has 21 heavy (non-hydrogen) atoms. The first-order valence-corrected chi connectivity index (χ1v) is 7.12. The Hall–Kier alpha value is -2.13. The molecule has 0 atom stereocenters. The number of benzene rings is 2. The van der Waals surface area contributed by atoms with Gasteiger partial charge in [0.1, 0.15) is 6.61 Å². The second-order valence-corrected chi connectivity index (χ2v) is 5.05. The van der Waals surface area contributed by atoms with Gasteiger partial charge in [0.15, 0.2) is 0 Å². The van der Waals surface area contributed by atoms with Crippen molar-refractivity contribution in [2.45, 2.75) is 26.4 Å². The number of rotatable bonds is 6. The highest BCUT2D eigenvalue weighted by Gasteiger charge is 2.13. The highest BCUT2D eigenvalue weighted by molar-refractivity contribution is 5.91. The number of aryl methyl sites for hydroxylation is 2. The maximum absolute atomic E-state index is 12.2. The summed E-state index contributed by atoms with van der Waals surface area (Å²) in [7, 11) is 0. The molecule has 0 saturated carbocycles. The number of hydrogen-bond donors (Lipinski definition) is 1. The zero-order chi connectivity index (χ0) is 15.1. The summed E-state index contributed by atoms with van der Waals surface area (Å²) in [5.74, 6) is -0.313. The monoisotopic (exact) mass is 284 g/mol. The van der Waals surface area contributed by atoms with Crippen LogP contribution < -0.4 is 0 Å². The summed E-state index contributed by atoms with van der Waals surface area (Å²) in [5, 5.41) is 8.96. The summed E-state index contributed by atoms with van der Waals surface area (Å²) in [5.41, 5.74) is 3.59. The molecule has 0 unspecified atom stereocenters. The molecule has 0 aliphatic carbocycles. The first-order chi connectivity index (χ1) is 10.2. The molecule has 2 aromatic carbocycles. The Morgan fingerprint density at radius 2 is 1.90 bits per heavy atom. The van der Waals surface area contributed by atoms with Crippen LogP contribution in [-0.4, -0.2) is 17.7 Å². The van der Waals surface area contributed by atoms with Crippen molar-refractivity contribution in [2.24, 2.45) is 0 Å². The van der Waals surface area contributed by atoms with Crippen molar-refractivity contribution in [1.29, 1.82) is 0 Å². The van der Waals surface area contributed by atoms with Gasteiger partial charge in [0.05, 0.1) is 5.56 Å². The average molecular weight is 284 g/mol. The molecule has 3 nitrogen and oxygen atoms in total. The Labute approximate surface area is 125 Å². The lowest BCUT2D eigenvalue weighted by Gasteiger charge is -2.10. The first-order valence-electron chi connectivity index (χ1n) is 7.12. The molecule has 0 heterocycles. The van der Waals surface area contributed by atoms with Gasteiger partial charge in [-0.2, -0.15) is 0 Å².